The molecule has 0 fully saturated rings. The first kappa shape index (κ1) is 13.2. The Morgan fingerprint density at radius 3 is 2.75 bits per heavy atom. The molecule has 1 aromatic rings. The van der Waals surface area contributed by atoms with E-state index in [-0.39, 0.29) is 6.04 Å². The molecule has 0 aliphatic rings. The fourth-order valence-electron chi connectivity index (χ4n) is 1.23. The average Bonchev–Trinajstić information content (AvgIpc) is 2.27. The molecule has 1 atom stereocenters. The molecule has 16 heavy (non-hydrogen) atoms. The molecule has 0 bridgehead atoms. The van der Waals surface area contributed by atoms with Gasteiger partial charge in [-0.3, -0.25) is 0 Å². The smallest absolute Gasteiger partial charge is 0.232 e. The molecular formula is C10H17BrN4O. The second kappa shape index (κ2) is 6.00. The lowest BCUT2D eigenvalue weighted by Crippen LogP contribution is -2.34. The maximum absolute atomic E-state index is 5.66. The average molecular weight is 289 g/mol. The first-order valence-electron chi connectivity index (χ1n) is 5.11. The first-order chi connectivity index (χ1) is 7.58. The van der Waals surface area contributed by atoms with Crippen molar-refractivity contribution < 1.29 is 4.74 Å². The van der Waals surface area contributed by atoms with E-state index in [9.17, 15) is 0 Å². The van der Waals surface area contributed by atoms with Gasteiger partial charge in [-0.1, -0.05) is 13.8 Å². The molecule has 1 heterocycles. The Hall–Kier alpha value is -0.880. The molecule has 1 aromatic heterocycles. The number of halogens is 1. The summed E-state index contributed by atoms with van der Waals surface area (Å²) in [6.07, 6.45) is 1.65. The van der Waals surface area contributed by atoms with Crippen molar-refractivity contribution in [3.8, 4) is 5.88 Å². The minimum absolute atomic E-state index is 0.158. The standard InChI is InChI=1S/C10H17BrN4O/c1-6(2)8(4-12)14-10-13-5-7(11)9(15-10)16-3/h5-6,8H,4,12H2,1-3H3,(H,13,14,15). The summed E-state index contributed by atoms with van der Waals surface area (Å²) in [5, 5.41) is 3.18. The Morgan fingerprint density at radius 1 is 1.56 bits per heavy atom. The number of aromatic nitrogens is 2. The van der Waals surface area contributed by atoms with Crippen LogP contribution in [0.25, 0.3) is 0 Å². The quantitative estimate of drug-likeness (QED) is 0.862. The van der Waals surface area contributed by atoms with Gasteiger partial charge in [0.1, 0.15) is 0 Å². The van der Waals surface area contributed by atoms with Gasteiger partial charge in [0, 0.05) is 12.6 Å². The van der Waals surface area contributed by atoms with Crippen LogP contribution < -0.4 is 15.8 Å². The van der Waals surface area contributed by atoms with Crippen LogP contribution in [0.2, 0.25) is 0 Å². The van der Waals surface area contributed by atoms with Crippen LogP contribution in [0.1, 0.15) is 13.8 Å². The predicted molar refractivity (Wildman–Crippen MR) is 67.6 cm³/mol. The van der Waals surface area contributed by atoms with Crippen molar-refractivity contribution in [1.82, 2.24) is 9.97 Å². The molecule has 0 saturated heterocycles. The van der Waals surface area contributed by atoms with Crippen LogP contribution in [0.4, 0.5) is 5.95 Å². The highest BCUT2D eigenvalue weighted by Gasteiger charge is 2.13. The lowest BCUT2D eigenvalue weighted by molar-refractivity contribution is 0.394. The van der Waals surface area contributed by atoms with E-state index in [1.54, 1.807) is 13.3 Å². The van der Waals surface area contributed by atoms with E-state index in [0.717, 1.165) is 4.47 Å². The maximum Gasteiger partial charge on any atom is 0.232 e. The molecule has 3 N–H and O–H groups in total. The van der Waals surface area contributed by atoms with Gasteiger partial charge in [0.25, 0.3) is 0 Å². The molecule has 0 radical (unpaired) electrons. The Morgan fingerprint density at radius 2 is 2.25 bits per heavy atom. The third kappa shape index (κ3) is 3.31. The summed E-state index contributed by atoms with van der Waals surface area (Å²) >= 11 is 3.30. The number of nitrogens with one attached hydrogen (secondary N) is 1. The van der Waals surface area contributed by atoms with Crippen molar-refractivity contribution in [2.45, 2.75) is 19.9 Å². The van der Waals surface area contributed by atoms with Gasteiger partial charge in [0.2, 0.25) is 11.8 Å². The van der Waals surface area contributed by atoms with Gasteiger partial charge in [-0.2, -0.15) is 4.98 Å². The van der Waals surface area contributed by atoms with Crippen LogP contribution in [-0.4, -0.2) is 29.7 Å². The van der Waals surface area contributed by atoms with E-state index in [4.69, 9.17) is 10.5 Å². The number of ether oxygens (including phenoxy) is 1. The second-order valence-corrected chi connectivity index (χ2v) is 4.64. The van der Waals surface area contributed by atoms with Gasteiger partial charge in [0.05, 0.1) is 17.8 Å². The Labute approximate surface area is 104 Å². The third-order valence-electron chi connectivity index (χ3n) is 2.28. The molecule has 0 saturated carbocycles. The van der Waals surface area contributed by atoms with Crippen molar-refractivity contribution >= 4 is 21.9 Å². The summed E-state index contributed by atoms with van der Waals surface area (Å²) in [4.78, 5) is 8.37. The minimum atomic E-state index is 0.158. The van der Waals surface area contributed by atoms with Crippen LogP contribution in [-0.2, 0) is 0 Å². The molecule has 0 aliphatic heterocycles. The lowest BCUT2D eigenvalue weighted by Gasteiger charge is -2.20. The zero-order chi connectivity index (χ0) is 12.1. The molecule has 0 aromatic carbocycles. The van der Waals surface area contributed by atoms with E-state index < -0.39 is 0 Å². The zero-order valence-electron chi connectivity index (χ0n) is 9.70. The van der Waals surface area contributed by atoms with Gasteiger partial charge < -0.3 is 15.8 Å². The van der Waals surface area contributed by atoms with E-state index in [1.165, 1.54) is 0 Å². The van der Waals surface area contributed by atoms with E-state index in [1.807, 2.05) is 0 Å². The summed E-state index contributed by atoms with van der Waals surface area (Å²) in [5.74, 6) is 1.46. The predicted octanol–water partition coefficient (Wildman–Crippen LogP) is 1.64. The van der Waals surface area contributed by atoms with E-state index >= 15 is 0 Å². The number of hydrogen-bond acceptors (Lipinski definition) is 5. The topological polar surface area (TPSA) is 73.1 Å². The number of hydrogen-bond donors (Lipinski definition) is 2. The summed E-state index contributed by atoms with van der Waals surface area (Å²) in [6, 6.07) is 0.158. The summed E-state index contributed by atoms with van der Waals surface area (Å²) in [6.45, 7) is 4.74. The monoisotopic (exact) mass is 288 g/mol. The van der Waals surface area contributed by atoms with Crippen molar-refractivity contribution in [3.63, 3.8) is 0 Å². The molecule has 90 valence electrons. The Kier molecular flexibility index (Phi) is 4.95. The van der Waals surface area contributed by atoms with Crippen LogP contribution in [0.3, 0.4) is 0 Å². The van der Waals surface area contributed by atoms with Crippen LogP contribution in [0.15, 0.2) is 10.7 Å². The van der Waals surface area contributed by atoms with E-state index in [2.05, 4.69) is 45.1 Å². The Balaban J connectivity index is 2.80. The molecule has 0 spiro atoms. The molecule has 1 unspecified atom stereocenters. The van der Waals surface area contributed by atoms with Crippen molar-refractivity contribution in [1.29, 1.82) is 0 Å². The maximum atomic E-state index is 5.66. The van der Waals surface area contributed by atoms with Crippen molar-refractivity contribution in [2.24, 2.45) is 11.7 Å². The molecule has 0 amide bonds. The normalized spacial score (nSPS) is 12.6. The lowest BCUT2D eigenvalue weighted by atomic mass is 10.1. The fraction of sp³-hybridized carbons (Fsp3) is 0.600. The van der Waals surface area contributed by atoms with Gasteiger partial charge in [-0.25, -0.2) is 4.98 Å². The second-order valence-electron chi connectivity index (χ2n) is 3.78. The number of rotatable bonds is 5. The van der Waals surface area contributed by atoms with Crippen molar-refractivity contribution in [2.75, 3.05) is 19.0 Å². The summed E-state index contributed by atoms with van der Waals surface area (Å²) in [5.41, 5.74) is 5.66. The van der Waals surface area contributed by atoms with Crippen LogP contribution in [0.5, 0.6) is 5.88 Å². The number of anilines is 1. The van der Waals surface area contributed by atoms with Gasteiger partial charge in [-0.15, -0.1) is 0 Å². The van der Waals surface area contributed by atoms with E-state index in [0.29, 0.717) is 24.3 Å². The number of nitrogens with two attached hydrogens (primary N) is 1. The molecule has 0 aliphatic carbocycles. The molecule has 6 heteroatoms. The zero-order valence-corrected chi connectivity index (χ0v) is 11.3. The van der Waals surface area contributed by atoms with Crippen LogP contribution >= 0.6 is 15.9 Å². The van der Waals surface area contributed by atoms with Gasteiger partial charge >= 0.3 is 0 Å². The first-order valence-corrected chi connectivity index (χ1v) is 5.91. The van der Waals surface area contributed by atoms with Crippen molar-refractivity contribution in [3.05, 3.63) is 10.7 Å². The Bertz CT molecular complexity index is 346. The minimum Gasteiger partial charge on any atom is -0.480 e. The number of methoxy groups -OCH3 is 1. The molecule has 1 rings (SSSR count). The molecular weight excluding hydrogens is 272 g/mol. The SMILES string of the molecule is COc1nc(NC(CN)C(C)C)ncc1Br. The highest BCUT2D eigenvalue weighted by Crippen LogP contribution is 2.22. The summed E-state index contributed by atoms with van der Waals surface area (Å²) < 4.78 is 5.82. The van der Waals surface area contributed by atoms with Crippen LogP contribution in [0, 0.1) is 5.92 Å². The fourth-order valence-corrected chi connectivity index (χ4v) is 1.58. The summed E-state index contributed by atoms with van der Waals surface area (Å²) in [7, 11) is 1.57. The largest absolute Gasteiger partial charge is 0.480 e. The third-order valence-corrected chi connectivity index (χ3v) is 2.82. The highest BCUT2D eigenvalue weighted by atomic mass is 79.9. The highest BCUT2D eigenvalue weighted by molar-refractivity contribution is 9.10. The van der Waals surface area contributed by atoms with Gasteiger partial charge in [0.15, 0.2) is 0 Å². The molecule has 5 nitrogen and oxygen atoms in total. The number of nitrogens with zero attached hydrogens (tertiary/aromatic N) is 2. The van der Waals surface area contributed by atoms with Gasteiger partial charge in [-0.05, 0) is 21.8 Å².